The first-order valence-corrected chi connectivity index (χ1v) is 6.90. The van der Waals surface area contributed by atoms with Crippen molar-refractivity contribution in [3.63, 3.8) is 0 Å². The first kappa shape index (κ1) is 12.4. The van der Waals surface area contributed by atoms with E-state index in [1.54, 1.807) is 6.07 Å². The van der Waals surface area contributed by atoms with E-state index < -0.39 is 0 Å². The zero-order chi connectivity index (χ0) is 13.2. The maximum Gasteiger partial charge on any atom is 0.253 e. The summed E-state index contributed by atoms with van der Waals surface area (Å²) in [7, 11) is 0. The van der Waals surface area contributed by atoms with Gasteiger partial charge in [0.2, 0.25) is 0 Å². The summed E-state index contributed by atoms with van der Waals surface area (Å²) in [6, 6.07) is 8.13. The molecule has 0 radical (unpaired) electrons. The zero-order valence-electron chi connectivity index (χ0n) is 10.9. The van der Waals surface area contributed by atoms with Gasteiger partial charge in [-0.25, -0.2) is 0 Å². The van der Waals surface area contributed by atoms with E-state index in [-0.39, 0.29) is 11.9 Å². The van der Waals surface area contributed by atoms with Crippen LogP contribution in [0.4, 0.5) is 5.69 Å². The number of anilines is 1. The Balaban J connectivity index is 1.71. The van der Waals surface area contributed by atoms with Gasteiger partial charge in [-0.05, 0) is 37.9 Å². The highest BCUT2D eigenvalue weighted by atomic mass is 16.1. The van der Waals surface area contributed by atoms with Gasteiger partial charge < -0.3 is 10.7 Å². The third-order valence-electron chi connectivity index (χ3n) is 4.25. The number of hydrazine groups is 1. The van der Waals surface area contributed by atoms with Crippen LogP contribution in [0.15, 0.2) is 24.3 Å². The molecule has 3 rings (SSSR count). The van der Waals surface area contributed by atoms with Crippen molar-refractivity contribution >= 4 is 11.6 Å². The van der Waals surface area contributed by atoms with Crippen LogP contribution in [0, 0.1) is 0 Å². The van der Waals surface area contributed by atoms with E-state index in [0.29, 0.717) is 17.3 Å². The summed E-state index contributed by atoms with van der Waals surface area (Å²) in [5.41, 5.74) is 3.86. The number of para-hydroxylation sites is 1. The third-order valence-corrected chi connectivity index (χ3v) is 4.25. The largest absolute Gasteiger partial charge is 0.348 e. The number of rotatable bonds is 3. The standard InChI is InChI=1S/C14H20N4O/c15-17-11-5-2-1-4-10(11)14(19)16-12-7-9-18-8-3-6-13(12)18/h1-2,4-5,12-13,17H,3,6-9,15H2,(H,16,19). The SMILES string of the molecule is NNc1ccccc1C(=O)NC1CCN2CCCC12. The van der Waals surface area contributed by atoms with Crippen molar-refractivity contribution in [1.82, 2.24) is 10.2 Å². The summed E-state index contributed by atoms with van der Waals surface area (Å²) in [5, 5.41) is 3.17. The average Bonchev–Trinajstić information content (AvgIpc) is 3.03. The highest BCUT2D eigenvalue weighted by molar-refractivity contribution is 5.99. The molecule has 2 aliphatic rings. The molecular weight excluding hydrogens is 240 g/mol. The van der Waals surface area contributed by atoms with Crippen molar-refractivity contribution in [2.45, 2.75) is 31.3 Å². The molecule has 0 aromatic heterocycles. The molecule has 2 aliphatic heterocycles. The summed E-state index contributed by atoms with van der Waals surface area (Å²) in [4.78, 5) is 14.8. The molecule has 1 aromatic rings. The smallest absolute Gasteiger partial charge is 0.253 e. The average molecular weight is 260 g/mol. The van der Waals surface area contributed by atoms with Gasteiger partial charge in [-0.15, -0.1) is 0 Å². The van der Waals surface area contributed by atoms with E-state index >= 15 is 0 Å². The Labute approximate surface area is 113 Å². The van der Waals surface area contributed by atoms with Gasteiger partial charge >= 0.3 is 0 Å². The van der Waals surface area contributed by atoms with Gasteiger partial charge in [0.25, 0.3) is 5.91 Å². The van der Waals surface area contributed by atoms with Crippen molar-refractivity contribution < 1.29 is 4.79 Å². The first-order chi connectivity index (χ1) is 9.29. The number of amides is 1. The summed E-state index contributed by atoms with van der Waals surface area (Å²) in [5.74, 6) is 5.41. The second-order valence-electron chi connectivity index (χ2n) is 5.30. The van der Waals surface area contributed by atoms with Gasteiger partial charge in [0.15, 0.2) is 0 Å². The summed E-state index contributed by atoms with van der Waals surface area (Å²) in [6.45, 7) is 2.28. The molecule has 2 heterocycles. The lowest BCUT2D eigenvalue weighted by Crippen LogP contribution is -2.42. The Kier molecular flexibility index (Phi) is 3.40. The van der Waals surface area contributed by atoms with E-state index in [2.05, 4.69) is 15.6 Å². The highest BCUT2D eigenvalue weighted by Gasteiger charge is 2.37. The minimum atomic E-state index is -0.0349. The molecule has 2 saturated heterocycles. The number of benzene rings is 1. The molecule has 19 heavy (non-hydrogen) atoms. The molecule has 0 saturated carbocycles. The quantitative estimate of drug-likeness (QED) is 0.559. The van der Waals surface area contributed by atoms with Crippen LogP contribution in [0.25, 0.3) is 0 Å². The number of fused-ring (bicyclic) bond motifs is 1. The van der Waals surface area contributed by atoms with Gasteiger partial charge in [-0.3, -0.25) is 15.5 Å². The molecule has 2 atom stereocenters. The zero-order valence-corrected chi connectivity index (χ0v) is 10.9. The summed E-state index contributed by atoms with van der Waals surface area (Å²) in [6.07, 6.45) is 3.49. The molecule has 1 aromatic carbocycles. The van der Waals surface area contributed by atoms with E-state index in [0.717, 1.165) is 13.0 Å². The van der Waals surface area contributed by atoms with E-state index in [1.807, 2.05) is 18.2 Å². The predicted octanol–water partition coefficient (Wildman–Crippen LogP) is 0.939. The Hall–Kier alpha value is -1.59. The van der Waals surface area contributed by atoms with Crippen molar-refractivity contribution in [3.8, 4) is 0 Å². The molecule has 5 nitrogen and oxygen atoms in total. The summed E-state index contributed by atoms with van der Waals surface area (Å²) >= 11 is 0. The van der Waals surface area contributed by atoms with Crippen molar-refractivity contribution in [1.29, 1.82) is 0 Å². The molecular formula is C14H20N4O. The number of nitrogen functional groups attached to an aromatic ring is 1. The summed E-state index contributed by atoms with van der Waals surface area (Å²) < 4.78 is 0. The number of nitrogens with zero attached hydrogens (tertiary/aromatic N) is 1. The second kappa shape index (κ2) is 5.19. The number of nitrogens with two attached hydrogens (primary N) is 1. The minimum absolute atomic E-state index is 0.0349. The molecule has 0 aliphatic carbocycles. The van der Waals surface area contributed by atoms with Crippen molar-refractivity contribution in [3.05, 3.63) is 29.8 Å². The highest BCUT2D eigenvalue weighted by Crippen LogP contribution is 2.28. The second-order valence-corrected chi connectivity index (χ2v) is 5.30. The number of nitrogens with one attached hydrogen (secondary N) is 2. The first-order valence-electron chi connectivity index (χ1n) is 6.90. The Bertz CT molecular complexity index is 476. The van der Waals surface area contributed by atoms with E-state index in [9.17, 15) is 4.79 Å². The van der Waals surface area contributed by atoms with Gasteiger partial charge in [-0.1, -0.05) is 12.1 Å². The lowest BCUT2D eigenvalue weighted by Gasteiger charge is -2.21. The maximum atomic E-state index is 12.3. The fourth-order valence-electron chi connectivity index (χ4n) is 3.30. The third kappa shape index (κ3) is 2.31. The monoisotopic (exact) mass is 260 g/mol. The Morgan fingerprint density at radius 2 is 2.11 bits per heavy atom. The molecule has 4 N–H and O–H groups in total. The van der Waals surface area contributed by atoms with Crippen LogP contribution < -0.4 is 16.6 Å². The van der Waals surface area contributed by atoms with Gasteiger partial charge in [-0.2, -0.15) is 0 Å². The lowest BCUT2D eigenvalue weighted by atomic mass is 10.1. The van der Waals surface area contributed by atoms with Crippen molar-refractivity contribution in [2.75, 3.05) is 18.5 Å². The van der Waals surface area contributed by atoms with Gasteiger partial charge in [0.1, 0.15) is 0 Å². The van der Waals surface area contributed by atoms with Crippen LogP contribution in [-0.2, 0) is 0 Å². The van der Waals surface area contributed by atoms with Crippen LogP contribution >= 0.6 is 0 Å². The van der Waals surface area contributed by atoms with Gasteiger partial charge in [0, 0.05) is 18.6 Å². The van der Waals surface area contributed by atoms with Crippen LogP contribution in [0.2, 0.25) is 0 Å². The van der Waals surface area contributed by atoms with Crippen LogP contribution in [0.1, 0.15) is 29.6 Å². The number of hydrogen-bond donors (Lipinski definition) is 3. The van der Waals surface area contributed by atoms with Crippen LogP contribution in [-0.4, -0.2) is 36.0 Å². The van der Waals surface area contributed by atoms with Crippen LogP contribution in [0.3, 0.4) is 0 Å². The molecule has 2 unspecified atom stereocenters. The number of carbonyl (C=O) groups is 1. The molecule has 1 amide bonds. The van der Waals surface area contributed by atoms with Gasteiger partial charge in [0.05, 0.1) is 11.3 Å². The Morgan fingerprint density at radius 3 is 2.95 bits per heavy atom. The normalized spacial score (nSPS) is 26.2. The van der Waals surface area contributed by atoms with Crippen molar-refractivity contribution in [2.24, 2.45) is 5.84 Å². The van der Waals surface area contributed by atoms with E-state index in [4.69, 9.17) is 5.84 Å². The predicted molar refractivity (Wildman–Crippen MR) is 74.7 cm³/mol. The fraction of sp³-hybridized carbons (Fsp3) is 0.500. The minimum Gasteiger partial charge on any atom is -0.348 e. The molecule has 0 bridgehead atoms. The Morgan fingerprint density at radius 1 is 1.26 bits per heavy atom. The van der Waals surface area contributed by atoms with Crippen LogP contribution in [0.5, 0.6) is 0 Å². The number of carbonyl (C=O) groups excluding carboxylic acids is 1. The maximum absolute atomic E-state index is 12.3. The number of hydrogen-bond acceptors (Lipinski definition) is 4. The lowest BCUT2D eigenvalue weighted by molar-refractivity contribution is 0.0930. The molecule has 102 valence electrons. The fourth-order valence-corrected chi connectivity index (χ4v) is 3.30. The topological polar surface area (TPSA) is 70.4 Å². The van der Waals surface area contributed by atoms with E-state index in [1.165, 1.54) is 19.4 Å². The molecule has 0 spiro atoms. The molecule has 2 fully saturated rings. The molecule has 5 heteroatoms.